The molecule has 0 saturated carbocycles. The average Bonchev–Trinajstić information content (AvgIpc) is 3.19. The maximum Gasteiger partial charge on any atom is 0.254 e. The third-order valence-corrected chi connectivity index (χ3v) is 6.13. The number of benzene rings is 2. The Morgan fingerprint density at radius 2 is 1.69 bits per heavy atom. The highest BCUT2D eigenvalue weighted by molar-refractivity contribution is 6.01. The Kier molecular flexibility index (Phi) is 5.31. The minimum atomic E-state index is 0.0910. The molecule has 1 saturated heterocycles. The zero-order valence-corrected chi connectivity index (χ0v) is 17.6. The zero-order chi connectivity index (χ0) is 20.5. The second-order valence-corrected chi connectivity index (χ2v) is 8.02. The van der Waals surface area contributed by atoms with Crippen LogP contribution in [-0.2, 0) is 11.2 Å². The molecule has 2 heterocycles. The van der Waals surface area contributed by atoms with Gasteiger partial charge in [0.25, 0.3) is 5.91 Å². The van der Waals surface area contributed by atoms with Gasteiger partial charge in [0, 0.05) is 56.1 Å². The normalized spacial score (nSPS) is 16.2. The first-order valence-corrected chi connectivity index (χ1v) is 10.5. The summed E-state index contributed by atoms with van der Waals surface area (Å²) in [4.78, 5) is 31.6. The summed E-state index contributed by atoms with van der Waals surface area (Å²) in [5, 5.41) is 0. The second kappa shape index (κ2) is 7.90. The molecule has 0 radical (unpaired) electrons. The average molecular weight is 392 g/mol. The molecule has 2 aliphatic rings. The highest BCUT2D eigenvalue weighted by atomic mass is 16.2. The third-order valence-electron chi connectivity index (χ3n) is 6.13. The topological polar surface area (TPSA) is 43.9 Å². The van der Waals surface area contributed by atoms with Crippen molar-refractivity contribution in [3.8, 4) is 0 Å². The van der Waals surface area contributed by atoms with Crippen LogP contribution < -0.4 is 9.80 Å². The highest BCUT2D eigenvalue weighted by Crippen LogP contribution is 2.32. The summed E-state index contributed by atoms with van der Waals surface area (Å²) in [5.74, 6) is 0.212. The van der Waals surface area contributed by atoms with Gasteiger partial charge in [-0.05, 0) is 55.2 Å². The fraction of sp³-hybridized carbons (Fsp3) is 0.417. The summed E-state index contributed by atoms with van der Waals surface area (Å²) in [6, 6.07) is 12.3. The largest absolute Gasteiger partial charge is 0.368 e. The summed E-state index contributed by atoms with van der Waals surface area (Å²) in [5.41, 5.74) is 6.50. The van der Waals surface area contributed by atoms with Gasteiger partial charge in [0.05, 0.1) is 0 Å². The first kappa shape index (κ1) is 19.5. The van der Waals surface area contributed by atoms with Gasteiger partial charge in [0.2, 0.25) is 5.91 Å². The molecule has 0 spiro atoms. The number of carbonyl (C=O) groups is 2. The molecule has 152 valence electrons. The first-order valence-electron chi connectivity index (χ1n) is 10.5. The Bertz CT molecular complexity index is 945. The Morgan fingerprint density at radius 3 is 2.41 bits per heavy atom. The predicted octanol–water partition coefficient (Wildman–Crippen LogP) is 3.56. The lowest BCUT2D eigenvalue weighted by Gasteiger charge is -2.37. The van der Waals surface area contributed by atoms with Crippen LogP contribution in [-0.4, -0.2) is 49.4 Å². The van der Waals surface area contributed by atoms with Gasteiger partial charge >= 0.3 is 0 Å². The van der Waals surface area contributed by atoms with Gasteiger partial charge in [-0.15, -0.1) is 0 Å². The quantitative estimate of drug-likeness (QED) is 0.804. The monoisotopic (exact) mass is 391 g/mol. The van der Waals surface area contributed by atoms with Crippen molar-refractivity contribution in [3.05, 3.63) is 58.7 Å². The molecule has 0 atom stereocenters. The molecule has 0 aromatic heterocycles. The van der Waals surface area contributed by atoms with Crippen molar-refractivity contribution in [1.29, 1.82) is 0 Å². The van der Waals surface area contributed by atoms with Crippen molar-refractivity contribution < 1.29 is 9.59 Å². The fourth-order valence-electron chi connectivity index (χ4n) is 4.47. The molecule has 2 amide bonds. The summed E-state index contributed by atoms with van der Waals surface area (Å²) < 4.78 is 0. The van der Waals surface area contributed by atoms with Crippen LogP contribution in [0.15, 0.2) is 36.4 Å². The van der Waals surface area contributed by atoms with Crippen molar-refractivity contribution in [1.82, 2.24) is 4.90 Å². The number of nitrogens with zero attached hydrogens (tertiary/aromatic N) is 3. The lowest BCUT2D eigenvalue weighted by Crippen LogP contribution is -2.49. The van der Waals surface area contributed by atoms with E-state index in [-0.39, 0.29) is 11.8 Å². The lowest BCUT2D eigenvalue weighted by atomic mass is 10.0. The van der Waals surface area contributed by atoms with Crippen LogP contribution in [0.1, 0.15) is 40.4 Å². The molecular weight excluding hydrogens is 362 g/mol. The molecule has 0 N–H and O–H groups in total. The summed E-state index contributed by atoms with van der Waals surface area (Å²) in [6.45, 7) is 9.92. The second-order valence-electron chi connectivity index (χ2n) is 8.02. The fourth-order valence-corrected chi connectivity index (χ4v) is 4.47. The molecule has 1 fully saturated rings. The molecule has 0 unspecified atom stereocenters. The van der Waals surface area contributed by atoms with E-state index in [1.807, 2.05) is 34.9 Å². The molecule has 5 nitrogen and oxygen atoms in total. The standard InChI is InChI=1S/C24H29N3O2/c1-4-23(28)27-11-10-19-20(6-5-7-21(19)27)24(29)26-14-12-25(13-15-26)22-16-17(2)8-9-18(22)3/h5-9,16H,4,10-15H2,1-3H3. The molecule has 2 aromatic carbocycles. The van der Waals surface area contributed by atoms with E-state index in [4.69, 9.17) is 0 Å². The molecular formula is C24H29N3O2. The van der Waals surface area contributed by atoms with E-state index in [0.717, 1.165) is 36.3 Å². The molecule has 2 aromatic rings. The maximum absolute atomic E-state index is 13.3. The molecule has 0 bridgehead atoms. The van der Waals surface area contributed by atoms with Crippen LogP contribution in [0.5, 0.6) is 0 Å². The number of piperazine rings is 1. The van der Waals surface area contributed by atoms with Gasteiger partial charge in [-0.3, -0.25) is 9.59 Å². The summed E-state index contributed by atoms with van der Waals surface area (Å²) in [6.07, 6.45) is 1.24. The summed E-state index contributed by atoms with van der Waals surface area (Å²) in [7, 11) is 0. The minimum absolute atomic E-state index is 0.0910. The molecule has 4 rings (SSSR count). The number of anilines is 2. The van der Waals surface area contributed by atoms with E-state index < -0.39 is 0 Å². The van der Waals surface area contributed by atoms with E-state index in [1.54, 1.807) is 0 Å². The number of hydrogen-bond donors (Lipinski definition) is 0. The molecule has 5 heteroatoms. The van der Waals surface area contributed by atoms with E-state index in [9.17, 15) is 9.59 Å². The Hall–Kier alpha value is -2.82. The number of aryl methyl sites for hydroxylation is 2. The number of carbonyl (C=O) groups excluding carboxylic acids is 2. The van der Waals surface area contributed by atoms with Gasteiger partial charge in [0.1, 0.15) is 0 Å². The Morgan fingerprint density at radius 1 is 0.931 bits per heavy atom. The first-order chi connectivity index (χ1) is 14.0. The van der Waals surface area contributed by atoms with Crippen molar-refractivity contribution in [2.24, 2.45) is 0 Å². The van der Waals surface area contributed by atoms with Crippen LogP contribution in [0.2, 0.25) is 0 Å². The molecule has 2 aliphatic heterocycles. The summed E-state index contributed by atoms with van der Waals surface area (Å²) >= 11 is 0. The SMILES string of the molecule is CCC(=O)N1CCc2c(C(=O)N3CCN(c4cc(C)ccc4C)CC3)cccc21. The van der Waals surface area contributed by atoms with E-state index in [2.05, 4.69) is 36.9 Å². The third kappa shape index (κ3) is 3.61. The van der Waals surface area contributed by atoms with E-state index in [0.29, 0.717) is 26.1 Å². The van der Waals surface area contributed by atoms with Crippen molar-refractivity contribution in [2.75, 3.05) is 42.5 Å². The van der Waals surface area contributed by atoms with Crippen LogP contribution in [0.25, 0.3) is 0 Å². The smallest absolute Gasteiger partial charge is 0.254 e. The number of fused-ring (bicyclic) bond motifs is 1. The van der Waals surface area contributed by atoms with Gasteiger partial charge in [0.15, 0.2) is 0 Å². The van der Waals surface area contributed by atoms with Crippen LogP contribution in [0, 0.1) is 13.8 Å². The van der Waals surface area contributed by atoms with Gasteiger partial charge < -0.3 is 14.7 Å². The van der Waals surface area contributed by atoms with Crippen molar-refractivity contribution >= 4 is 23.2 Å². The van der Waals surface area contributed by atoms with Gasteiger partial charge in [-0.25, -0.2) is 0 Å². The molecule has 29 heavy (non-hydrogen) atoms. The van der Waals surface area contributed by atoms with E-state index in [1.165, 1.54) is 16.8 Å². The number of amides is 2. The highest BCUT2D eigenvalue weighted by Gasteiger charge is 2.30. The lowest BCUT2D eigenvalue weighted by molar-refractivity contribution is -0.118. The Balaban J connectivity index is 1.49. The Labute approximate surface area is 172 Å². The zero-order valence-electron chi connectivity index (χ0n) is 17.6. The van der Waals surface area contributed by atoms with Crippen molar-refractivity contribution in [2.45, 2.75) is 33.6 Å². The number of hydrogen-bond acceptors (Lipinski definition) is 3. The van der Waals surface area contributed by atoms with Crippen LogP contribution in [0.3, 0.4) is 0 Å². The maximum atomic E-state index is 13.3. The van der Waals surface area contributed by atoms with Gasteiger partial charge in [-0.1, -0.05) is 25.1 Å². The van der Waals surface area contributed by atoms with E-state index >= 15 is 0 Å². The number of rotatable bonds is 3. The van der Waals surface area contributed by atoms with Crippen LogP contribution >= 0.6 is 0 Å². The van der Waals surface area contributed by atoms with Crippen LogP contribution in [0.4, 0.5) is 11.4 Å². The molecule has 0 aliphatic carbocycles. The predicted molar refractivity (Wildman–Crippen MR) is 117 cm³/mol. The minimum Gasteiger partial charge on any atom is -0.368 e. The van der Waals surface area contributed by atoms with Crippen molar-refractivity contribution in [3.63, 3.8) is 0 Å². The van der Waals surface area contributed by atoms with Gasteiger partial charge in [-0.2, -0.15) is 0 Å².